The molecule has 0 saturated carbocycles. The Morgan fingerprint density at radius 1 is 0.970 bits per heavy atom. The first kappa shape index (κ1) is 21.8. The van der Waals surface area contributed by atoms with Crippen LogP contribution in [-0.2, 0) is 24.2 Å². The summed E-state index contributed by atoms with van der Waals surface area (Å²) < 4.78 is 7.22. The average Bonchev–Trinajstić information content (AvgIpc) is 2.82. The van der Waals surface area contributed by atoms with Crippen molar-refractivity contribution in [2.75, 3.05) is 31.6 Å². The van der Waals surface area contributed by atoms with Crippen LogP contribution in [0.3, 0.4) is 0 Å². The number of nitrogens with zero attached hydrogens (tertiary/aromatic N) is 3. The number of morpholine rings is 1. The van der Waals surface area contributed by atoms with Crippen LogP contribution in [-0.4, -0.2) is 46.7 Å². The van der Waals surface area contributed by atoms with Gasteiger partial charge in [0.1, 0.15) is 5.82 Å². The van der Waals surface area contributed by atoms with Crippen molar-refractivity contribution < 1.29 is 9.53 Å². The second kappa shape index (κ2) is 9.85. The zero-order valence-electron chi connectivity index (χ0n) is 18.9. The Morgan fingerprint density at radius 3 is 2.58 bits per heavy atom. The first-order valence-electron chi connectivity index (χ1n) is 11.9. The first-order valence-corrected chi connectivity index (χ1v) is 11.9. The topological polar surface area (TPSA) is 76.5 Å². The van der Waals surface area contributed by atoms with Crippen LogP contribution in [0.15, 0.2) is 47.3 Å². The van der Waals surface area contributed by atoms with Gasteiger partial charge in [0.25, 0.3) is 11.5 Å². The Bertz CT molecular complexity index is 1200. The van der Waals surface area contributed by atoms with E-state index in [9.17, 15) is 9.59 Å². The van der Waals surface area contributed by atoms with E-state index in [2.05, 4.69) is 10.2 Å². The largest absolute Gasteiger partial charge is 0.379 e. The summed E-state index contributed by atoms with van der Waals surface area (Å²) in [4.78, 5) is 33.0. The molecule has 5 rings (SSSR count). The summed E-state index contributed by atoms with van der Waals surface area (Å²) in [5, 5.41) is 3.54. The summed E-state index contributed by atoms with van der Waals surface area (Å²) in [5.41, 5.74) is 3.06. The average molecular weight is 447 g/mol. The van der Waals surface area contributed by atoms with Gasteiger partial charge in [-0.25, -0.2) is 4.98 Å². The predicted octanol–water partition coefficient (Wildman–Crippen LogP) is 3.60. The number of nitrogens with one attached hydrogen (secondary N) is 1. The normalized spacial score (nSPS) is 17.2. The summed E-state index contributed by atoms with van der Waals surface area (Å²) in [6.07, 6.45) is 5.17. The molecule has 172 valence electrons. The van der Waals surface area contributed by atoms with Crippen molar-refractivity contribution in [3.8, 4) is 0 Å². The van der Waals surface area contributed by atoms with E-state index < -0.39 is 0 Å². The van der Waals surface area contributed by atoms with Crippen molar-refractivity contribution in [3.05, 3.63) is 69.8 Å². The van der Waals surface area contributed by atoms with Crippen molar-refractivity contribution >= 4 is 22.5 Å². The minimum Gasteiger partial charge on any atom is -0.379 e. The van der Waals surface area contributed by atoms with E-state index >= 15 is 0 Å². The van der Waals surface area contributed by atoms with Gasteiger partial charge >= 0.3 is 0 Å². The fourth-order valence-corrected chi connectivity index (χ4v) is 4.65. The molecule has 0 radical (unpaired) electrons. The number of hydrogen-bond donors (Lipinski definition) is 1. The van der Waals surface area contributed by atoms with Crippen molar-refractivity contribution in [2.24, 2.45) is 0 Å². The summed E-state index contributed by atoms with van der Waals surface area (Å²) in [6.45, 7) is 5.06. The molecule has 7 heteroatoms. The van der Waals surface area contributed by atoms with Gasteiger partial charge in [-0.2, -0.15) is 0 Å². The number of fused-ring (bicyclic) bond motifs is 2. The highest BCUT2D eigenvalue weighted by molar-refractivity contribution is 6.06. The molecular weight excluding hydrogens is 416 g/mol. The molecule has 0 bridgehead atoms. The van der Waals surface area contributed by atoms with E-state index in [1.54, 1.807) is 18.2 Å². The van der Waals surface area contributed by atoms with Crippen molar-refractivity contribution in [1.29, 1.82) is 0 Å². The fourth-order valence-electron chi connectivity index (χ4n) is 4.65. The maximum Gasteiger partial charge on any atom is 0.261 e. The number of aryl methyl sites for hydroxylation is 1. The van der Waals surface area contributed by atoms with Gasteiger partial charge in [0.15, 0.2) is 0 Å². The molecule has 3 heterocycles. The van der Waals surface area contributed by atoms with Gasteiger partial charge in [-0.3, -0.25) is 19.1 Å². The van der Waals surface area contributed by atoms with Crippen molar-refractivity contribution in [1.82, 2.24) is 14.5 Å². The molecule has 2 aliphatic rings. The summed E-state index contributed by atoms with van der Waals surface area (Å²) in [7, 11) is 0. The zero-order chi connectivity index (χ0) is 22.6. The highest BCUT2D eigenvalue weighted by Crippen LogP contribution is 2.18. The molecule has 3 aromatic rings. The molecule has 0 unspecified atom stereocenters. The molecule has 1 fully saturated rings. The molecule has 7 nitrogen and oxygen atoms in total. The Labute approximate surface area is 193 Å². The van der Waals surface area contributed by atoms with Crippen LogP contribution >= 0.6 is 0 Å². The second-order valence-electron chi connectivity index (χ2n) is 8.92. The lowest BCUT2D eigenvalue weighted by molar-refractivity contribution is 0.0342. The quantitative estimate of drug-likeness (QED) is 0.663. The van der Waals surface area contributed by atoms with Crippen LogP contribution in [0.2, 0.25) is 0 Å². The van der Waals surface area contributed by atoms with Crippen molar-refractivity contribution in [2.45, 2.75) is 45.2 Å². The van der Waals surface area contributed by atoms with Crippen LogP contribution in [0.5, 0.6) is 0 Å². The molecule has 0 spiro atoms. The molecular formula is C26H30N4O3. The maximum absolute atomic E-state index is 13.0. The number of hydrogen-bond acceptors (Lipinski definition) is 5. The Morgan fingerprint density at radius 2 is 1.76 bits per heavy atom. The van der Waals surface area contributed by atoms with E-state index in [-0.39, 0.29) is 11.5 Å². The van der Waals surface area contributed by atoms with E-state index in [0.29, 0.717) is 16.5 Å². The van der Waals surface area contributed by atoms with Crippen LogP contribution in [0.1, 0.15) is 47.4 Å². The molecule has 2 aliphatic heterocycles. The van der Waals surface area contributed by atoms with E-state index in [1.165, 1.54) is 12.0 Å². The van der Waals surface area contributed by atoms with Gasteiger partial charge in [0.05, 0.1) is 24.1 Å². The number of amides is 1. The monoisotopic (exact) mass is 446 g/mol. The van der Waals surface area contributed by atoms with E-state index in [0.717, 1.165) is 76.6 Å². The predicted molar refractivity (Wildman–Crippen MR) is 129 cm³/mol. The lowest BCUT2D eigenvalue weighted by Gasteiger charge is -2.26. The van der Waals surface area contributed by atoms with E-state index in [1.807, 2.05) is 28.8 Å². The molecule has 33 heavy (non-hydrogen) atoms. The molecule has 1 saturated heterocycles. The number of ether oxygens (including phenoxy) is 1. The maximum atomic E-state index is 13.0. The Balaban J connectivity index is 1.32. The van der Waals surface area contributed by atoms with Crippen LogP contribution in [0.4, 0.5) is 5.69 Å². The third-order valence-electron chi connectivity index (χ3n) is 6.55. The van der Waals surface area contributed by atoms with E-state index in [4.69, 9.17) is 9.72 Å². The molecule has 1 amide bonds. The number of benzene rings is 2. The third-order valence-corrected chi connectivity index (χ3v) is 6.55. The lowest BCUT2D eigenvalue weighted by atomic mass is 10.1. The SMILES string of the molecule is O=C(Nc1ccc(CN2CCOCC2)cc1)c1ccc2c(=O)n3c(nc2c1)CCCCCC3. The van der Waals surface area contributed by atoms with Gasteiger partial charge < -0.3 is 10.1 Å². The molecule has 1 aromatic heterocycles. The molecule has 2 aromatic carbocycles. The first-order chi connectivity index (χ1) is 16.2. The number of carbonyl (C=O) groups is 1. The molecule has 0 atom stereocenters. The Hall–Kier alpha value is -3.03. The highest BCUT2D eigenvalue weighted by Gasteiger charge is 2.15. The smallest absolute Gasteiger partial charge is 0.261 e. The summed E-state index contributed by atoms with van der Waals surface area (Å²) in [6, 6.07) is 13.1. The van der Waals surface area contributed by atoms with Gasteiger partial charge in [-0.1, -0.05) is 25.0 Å². The third kappa shape index (κ3) is 4.99. The van der Waals surface area contributed by atoms with Crippen LogP contribution in [0, 0.1) is 0 Å². The van der Waals surface area contributed by atoms with Gasteiger partial charge in [-0.05, 0) is 48.7 Å². The second-order valence-corrected chi connectivity index (χ2v) is 8.92. The van der Waals surface area contributed by atoms with Gasteiger partial charge in [-0.15, -0.1) is 0 Å². The van der Waals surface area contributed by atoms with Crippen molar-refractivity contribution in [3.63, 3.8) is 0 Å². The number of rotatable bonds is 4. The van der Waals surface area contributed by atoms with Gasteiger partial charge in [0.2, 0.25) is 0 Å². The highest BCUT2D eigenvalue weighted by atomic mass is 16.5. The zero-order valence-corrected chi connectivity index (χ0v) is 18.9. The minimum atomic E-state index is -0.202. The fraction of sp³-hybridized carbons (Fsp3) is 0.423. The number of anilines is 1. The molecule has 1 N–H and O–H groups in total. The lowest BCUT2D eigenvalue weighted by Crippen LogP contribution is -2.35. The number of aromatic nitrogens is 2. The summed E-state index contributed by atoms with van der Waals surface area (Å²) >= 11 is 0. The summed E-state index contributed by atoms with van der Waals surface area (Å²) in [5.74, 6) is 0.632. The minimum absolute atomic E-state index is 0.000264. The molecule has 0 aliphatic carbocycles. The number of carbonyl (C=O) groups excluding carboxylic acids is 1. The van der Waals surface area contributed by atoms with Crippen LogP contribution < -0.4 is 10.9 Å². The van der Waals surface area contributed by atoms with Crippen LogP contribution in [0.25, 0.3) is 10.9 Å². The van der Waals surface area contributed by atoms with Gasteiger partial charge in [0, 0.05) is 43.9 Å². The Kier molecular flexibility index (Phi) is 6.51. The standard InChI is InChI=1S/C26H30N4O3/c31-25(27-21-9-6-19(7-10-21)18-29-13-15-33-16-14-29)20-8-11-22-23(17-20)28-24-5-3-1-2-4-12-30(24)26(22)32/h6-11,17H,1-5,12-16,18H2,(H,27,31).